The van der Waals surface area contributed by atoms with E-state index in [9.17, 15) is 0 Å². The number of rotatable bonds is 3. The van der Waals surface area contributed by atoms with Crippen LogP contribution >= 0.6 is 34.5 Å². The topological polar surface area (TPSA) is 25.8 Å². The molecule has 1 atom stereocenters. The zero-order chi connectivity index (χ0) is 14.1. The molecule has 2 aromatic heterocycles. The van der Waals surface area contributed by atoms with Crippen molar-refractivity contribution < 1.29 is 0 Å². The van der Waals surface area contributed by atoms with Crippen molar-refractivity contribution >= 4 is 44.8 Å². The van der Waals surface area contributed by atoms with Gasteiger partial charge in [0.1, 0.15) is 15.8 Å². The number of nitrogens with zero attached hydrogens (tertiary/aromatic N) is 2. The molecule has 0 amide bonds. The molecule has 0 bridgehead atoms. The number of fused-ring (bicyclic) bond motifs is 1. The predicted octanol–water partition coefficient (Wildman–Crippen LogP) is 5.70. The summed E-state index contributed by atoms with van der Waals surface area (Å²) in [7, 11) is 0. The van der Waals surface area contributed by atoms with E-state index < -0.39 is 0 Å². The van der Waals surface area contributed by atoms with Crippen molar-refractivity contribution in [1.29, 1.82) is 0 Å². The molecule has 3 aromatic rings. The second kappa shape index (κ2) is 5.68. The fraction of sp³-hybridized carbons (Fsp3) is 0.200. The number of benzene rings is 1. The van der Waals surface area contributed by atoms with Gasteiger partial charge in [0.05, 0.1) is 10.8 Å². The van der Waals surface area contributed by atoms with E-state index in [4.69, 9.17) is 23.2 Å². The predicted molar refractivity (Wildman–Crippen MR) is 86.7 cm³/mol. The molecule has 0 spiro atoms. The van der Waals surface area contributed by atoms with Crippen LogP contribution in [0.5, 0.6) is 0 Å². The Labute approximate surface area is 131 Å². The Kier molecular flexibility index (Phi) is 3.92. The molecule has 0 radical (unpaired) electrons. The molecule has 5 heteroatoms. The lowest BCUT2D eigenvalue weighted by atomic mass is 10.1. The van der Waals surface area contributed by atoms with Gasteiger partial charge < -0.3 is 0 Å². The minimum atomic E-state index is -0.195. The standard InChI is InChI=1S/C15H12Cl2N2S/c1-2-11(16)14-18-13(17)12-10(8-20-15(12)19-14)9-6-4-3-5-7-9/h3-8,11H,2H2,1H3. The first kappa shape index (κ1) is 13.8. The Morgan fingerprint density at radius 1 is 1.20 bits per heavy atom. The summed E-state index contributed by atoms with van der Waals surface area (Å²) >= 11 is 14.1. The molecular formula is C15H12Cl2N2S. The van der Waals surface area contributed by atoms with Crippen molar-refractivity contribution in [2.75, 3.05) is 0 Å². The maximum Gasteiger partial charge on any atom is 0.149 e. The Hall–Kier alpha value is -1.16. The summed E-state index contributed by atoms with van der Waals surface area (Å²) in [4.78, 5) is 9.79. The molecule has 2 heterocycles. The number of thiophene rings is 1. The molecule has 0 aliphatic heterocycles. The third kappa shape index (κ3) is 2.41. The van der Waals surface area contributed by atoms with Gasteiger partial charge >= 0.3 is 0 Å². The zero-order valence-corrected chi connectivity index (χ0v) is 13.1. The molecular weight excluding hydrogens is 311 g/mol. The first-order valence-corrected chi connectivity index (χ1v) is 8.04. The average Bonchev–Trinajstić information content (AvgIpc) is 2.91. The highest BCUT2D eigenvalue weighted by atomic mass is 35.5. The van der Waals surface area contributed by atoms with E-state index in [-0.39, 0.29) is 5.38 Å². The summed E-state index contributed by atoms with van der Waals surface area (Å²) in [6, 6.07) is 10.1. The van der Waals surface area contributed by atoms with Crippen LogP contribution in [0.15, 0.2) is 35.7 Å². The van der Waals surface area contributed by atoms with E-state index in [2.05, 4.69) is 27.5 Å². The maximum absolute atomic E-state index is 6.36. The van der Waals surface area contributed by atoms with Crippen molar-refractivity contribution in [2.24, 2.45) is 0 Å². The van der Waals surface area contributed by atoms with Crippen LogP contribution in [-0.2, 0) is 0 Å². The lowest BCUT2D eigenvalue weighted by Crippen LogP contribution is -1.98. The minimum absolute atomic E-state index is 0.195. The molecule has 0 fully saturated rings. The van der Waals surface area contributed by atoms with Gasteiger partial charge in [-0.25, -0.2) is 9.97 Å². The van der Waals surface area contributed by atoms with Crippen LogP contribution < -0.4 is 0 Å². The van der Waals surface area contributed by atoms with Gasteiger partial charge in [0.2, 0.25) is 0 Å². The van der Waals surface area contributed by atoms with Crippen molar-refractivity contribution in [2.45, 2.75) is 18.7 Å². The molecule has 0 N–H and O–H groups in total. The number of halogens is 2. The highest BCUT2D eigenvalue weighted by Crippen LogP contribution is 2.37. The minimum Gasteiger partial charge on any atom is -0.220 e. The van der Waals surface area contributed by atoms with Gasteiger partial charge in [-0.1, -0.05) is 48.9 Å². The van der Waals surface area contributed by atoms with Crippen molar-refractivity contribution in [3.05, 3.63) is 46.7 Å². The zero-order valence-electron chi connectivity index (χ0n) is 10.8. The molecule has 2 nitrogen and oxygen atoms in total. The maximum atomic E-state index is 6.36. The second-order valence-electron chi connectivity index (χ2n) is 4.44. The van der Waals surface area contributed by atoms with Crippen LogP contribution in [0, 0.1) is 0 Å². The van der Waals surface area contributed by atoms with Gasteiger partial charge in [0, 0.05) is 10.9 Å². The summed E-state index contributed by atoms with van der Waals surface area (Å²) < 4.78 is 0. The first-order chi connectivity index (χ1) is 9.70. The van der Waals surface area contributed by atoms with Crippen LogP contribution in [0.4, 0.5) is 0 Å². The molecule has 0 saturated carbocycles. The second-order valence-corrected chi connectivity index (χ2v) is 6.19. The molecule has 0 aliphatic rings. The van der Waals surface area contributed by atoms with Gasteiger partial charge in [-0.05, 0) is 12.0 Å². The summed E-state index contributed by atoms with van der Waals surface area (Å²) in [6.07, 6.45) is 0.778. The van der Waals surface area contributed by atoms with Gasteiger partial charge in [-0.2, -0.15) is 0 Å². The Morgan fingerprint density at radius 3 is 2.65 bits per heavy atom. The lowest BCUT2D eigenvalue weighted by molar-refractivity contribution is 0.813. The highest BCUT2D eigenvalue weighted by molar-refractivity contribution is 7.17. The van der Waals surface area contributed by atoms with E-state index >= 15 is 0 Å². The molecule has 1 unspecified atom stereocenters. The van der Waals surface area contributed by atoms with Crippen molar-refractivity contribution in [3.63, 3.8) is 0 Å². The van der Waals surface area contributed by atoms with Crippen molar-refractivity contribution in [3.8, 4) is 11.1 Å². The van der Waals surface area contributed by atoms with Crippen LogP contribution in [0.1, 0.15) is 24.5 Å². The third-order valence-electron chi connectivity index (χ3n) is 3.13. The monoisotopic (exact) mass is 322 g/mol. The summed E-state index contributed by atoms with van der Waals surface area (Å²) in [5, 5.41) is 3.26. The van der Waals surface area contributed by atoms with Gasteiger partial charge in [-0.15, -0.1) is 22.9 Å². The van der Waals surface area contributed by atoms with Crippen molar-refractivity contribution in [1.82, 2.24) is 9.97 Å². The van der Waals surface area contributed by atoms with E-state index in [1.54, 1.807) is 11.3 Å². The SMILES string of the molecule is CCC(Cl)c1nc(Cl)c2c(-c3ccccc3)csc2n1. The van der Waals surface area contributed by atoms with Gasteiger partial charge in [0.15, 0.2) is 0 Å². The lowest BCUT2D eigenvalue weighted by Gasteiger charge is -2.06. The molecule has 3 rings (SSSR count). The van der Waals surface area contributed by atoms with E-state index in [1.165, 1.54) is 0 Å². The summed E-state index contributed by atoms with van der Waals surface area (Å²) in [5.74, 6) is 0.605. The molecule has 102 valence electrons. The normalized spacial score (nSPS) is 12.8. The summed E-state index contributed by atoms with van der Waals surface area (Å²) in [5.41, 5.74) is 2.19. The van der Waals surface area contributed by atoms with Crippen LogP contribution in [0.3, 0.4) is 0 Å². The Morgan fingerprint density at radius 2 is 1.95 bits per heavy atom. The van der Waals surface area contributed by atoms with Gasteiger partial charge in [0.25, 0.3) is 0 Å². The first-order valence-electron chi connectivity index (χ1n) is 6.34. The smallest absolute Gasteiger partial charge is 0.149 e. The largest absolute Gasteiger partial charge is 0.220 e. The number of alkyl halides is 1. The fourth-order valence-electron chi connectivity index (χ4n) is 2.07. The van der Waals surface area contributed by atoms with Gasteiger partial charge in [-0.3, -0.25) is 0 Å². The van der Waals surface area contributed by atoms with Crippen LogP contribution in [0.2, 0.25) is 5.15 Å². The third-order valence-corrected chi connectivity index (χ3v) is 4.78. The summed E-state index contributed by atoms with van der Waals surface area (Å²) in [6.45, 7) is 2.00. The van der Waals surface area contributed by atoms with E-state index in [0.717, 1.165) is 27.8 Å². The van der Waals surface area contributed by atoms with E-state index in [1.807, 2.05) is 25.1 Å². The van der Waals surface area contributed by atoms with Crippen LogP contribution in [0.25, 0.3) is 21.3 Å². The molecule has 20 heavy (non-hydrogen) atoms. The molecule has 0 saturated heterocycles. The highest BCUT2D eigenvalue weighted by Gasteiger charge is 2.17. The van der Waals surface area contributed by atoms with E-state index in [0.29, 0.717) is 11.0 Å². The Bertz CT molecular complexity index is 740. The number of hydrogen-bond acceptors (Lipinski definition) is 3. The van der Waals surface area contributed by atoms with Crippen LogP contribution in [-0.4, -0.2) is 9.97 Å². The quantitative estimate of drug-likeness (QED) is 0.456. The fourth-order valence-corrected chi connectivity index (χ4v) is 3.45. The average molecular weight is 323 g/mol. The Balaban J connectivity index is 2.19. The molecule has 1 aromatic carbocycles. The number of aromatic nitrogens is 2. The molecule has 0 aliphatic carbocycles. The number of hydrogen-bond donors (Lipinski definition) is 0.